The summed E-state index contributed by atoms with van der Waals surface area (Å²) in [5.41, 5.74) is 1.08. The van der Waals surface area contributed by atoms with E-state index in [2.05, 4.69) is 15.5 Å². The van der Waals surface area contributed by atoms with Crippen LogP contribution in [0.2, 0.25) is 0 Å². The van der Waals surface area contributed by atoms with E-state index >= 15 is 0 Å². The van der Waals surface area contributed by atoms with Crippen molar-refractivity contribution in [1.29, 1.82) is 0 Å². The molecule has 5 heteroatoms. The fourth-order valence-corrected chi connectivity index (χ4v) is 1.73. The summed E-state index contributed by atoms with van der Waals surface area (Å²) in [5.74, 6) is 1.69. The third kappa shape index (κ3) is 2.82. The molecule has 3 aromatic rings. The largest absolute Gasteiger partial charge is 0.461 e. The predicted octanol–water partition coefficient (Wildman–Crippen LogP) is 2.98. The second kappa shape index (κ2) is 5.39. The fourth-order valence-electron chi connectivity index (χ4n) is 1.73. The lowest BCUT2D eigenvalue weighted by Crippen LogP contribution is -2.04. The molecule has 2 heterocycles. The Labute approximate surface area is 110 Å². The highest BCUT2D eigenvalue weighted by molar-refractivity contribution is 5.45. The molecular formula is C14H13N3O2. The van der Waals surface area contributed by atoms with E-state index in [0.29, 0.717) is 23.9 Å². The first-order valence-corrected chi connectivity index (χ1v) is 6.07. The van der Waals surface area contributed by atoms with Crippen molar-refractivity contribution in [2.45, 2.75) is 6.42 Å². The summed E-state index contributed by atoms with van der Waals surface area (Å²) in [4.78, 5) is 4.27. The number of para-hydroxylation sites is 1. The van der Waals surface area contributed by atoms with Gasteiger partial charge in [0.15, 0.2) is 5.76 Å². The molecule has 0 atom stereocenters. The Balaban J connectivity index is 1.56. The maximum Gasteiger partial charge on any atom is 0.238 e. The quantitative estimate of drug-likeness (QED) is 0.759. The number of hydrogen-bond donors (Lipinski definition) is 1. The Morgan fingerprint density at radius 3 is 2.74 bits per heavy atom. The molecule has 0 radical (unpaired) electrons. The van der Waals surface area contributed by atoms with E-state index in [0.717, 1.165) is 12.2 Å². The molecule has 0 aliphatic carbocycles. The molecule has 0 aliphatic heterocycles. The second-order valence-electron chi connectivity index (χ2n) is 4.03. The highest BCUT2D eigenvalue weighted by Crippen LogP contribution is 2.15. The number of benzene rings is 1. The number of furan rings is 1. The summed E-state index contributed by atoms with van der Waals surface area (Å²) in [6, 6.07) is 13.6. The molecule has 0 amide bonds. The second-order valence-corrected chi connectivity index (χ2v) is 4.03. The lowest BCUT2D eigenvalue weighted by atomic mass is 10.3. The van der Waals surface area contributed by atoms with Gasteiger partial charge in [0.2, 0.25) is 11.7 Å². The monoisotopic (exact) mass is 255 g/mol. The maximum absolute atomic E-state index is 5.21. The summed E-state index contributed by atoms with van der Waals surface area (Å²) < 4.78 is 10.4. The Bertz CT molecular complexity index is 617. The molecule has 96 valence electrons. The Kier molecular flexibility index (Phi) is 3.27. The van der Waals surface area contributed by atoms with Gasteiger partial charge in [0.05, 0.1) is 6.26 Å². The van der Waals surface area contributed by atoms with Crippen LogP contribution >= 0.6 is 0 Å². The molecule has 2 aromatic heterocycles. The molecule has 5 nitrogen and oxygen atoms in total. The van der Waals surface area contributed by atoms with Gasteiger partial charge in [0.25, 0.3) is 0 Å². The topological polar surface area (TPSA) is 64.1 Å². The fraction of sp³-hybridized carbons (Fsp3) is 0.143. The summed E-state index contributed by atoms with van der Waals surface area (Å²) in [5, 5.41) is 7.16. The SMILES string of the molecule is c1ccc(NCCc2nc(-c3ccco3)no2)cc1. The van der Waals surface area contributed by atoms with E-state index in [-0.39, 0.29) is 0 Å². The highest BCUT2D eigenvalue weighted by atomic mass is 16.5. The van der Waals surface area contributed by atoms with Crippen molar-refractivity contribution in [3.05, 3.63) is 54.6 Å². The van der Waals surface area contributed by atoms with Crippen molar-refractivity contribution in [2.24, 2.45) is 0 Å². The van der Waals surface area contributed by atoms with Crippen molar-refractivity contribution in [2.75, 3.05) is 11.9 Å². The van der Waals surface area contributed by atoms with Crippen LogP contribution in [0.4, 0.5) is 5.69 Å². The molecular weight excluding hydrogens is 242 g/mol. The summed E-state index contributed by atoms with van der Waals surface area (Å²) in [6.45, 7) is 0.740. The number of anilines is 1. The number of hydrogen-bond acceptors (Lipinski definition) is 5. The van der Waals surface area contributed by atoms with Crippen LogP contribution < -0.4 is 5.32 Å². The molecule has 0 bridgehead atoms. The molecule has 0 saturated heterocycles. The molecule has 3 rings (SSSR count). The third-order valence-corrected chi connectivity index (χ3v) is 2.65. The minimum Gasteiger partial charge on any atom is -0.461 e. The normalized spacial score (nSPS) is 10.5. The van der Waals surface area contributed by atoms with Gasteiger partial charge in [-0.25, -0.2) is 0 Å². The van der Waals surface area contributed by atoms with Gasteiger partial charge in [-0.3, -0.25) is 0 Å². The molecule has 0 aliphatic rings. The summed E-state index contributed by atoms with van der Waals surface area (Å²) in [7, 11) is 0. The van der Waals surface area contributed by atoms with E-state index in [1.807, 2.05) is 30.3 Å². The van der Waals surface area contributed by atoms with Crippen molar-refractivity contribution in [3.63, 3.8) is 0 Å². The standard InChI is InChI=1S/C14H13N3O2/c1-2-5-11(6-3-1)15-9-8-13-16-14(17-19-13)12-7-4-10-18-12/h1-7,10,15H,8-9H2. The number of aromatic nitrogens is 2. The molecule has 0 unspecified atom stereocenters. The first kappa shape index (κ1) is 11.5. The molecule has 0 spiro atoms. The van der Waals surface area contributed by atoms with Gasteiger partial charge < -0.3 is 14.3 Å². The van der Waals surface area contributed by atoms with E-state index in [9.17, 15) is 0 Å². The summed E-state index contributed by atoms with van der Waals surface area (Å²) in [6.07, 6.45) is 2.25. The summed E-state index contributed by atoms with van der Waals surface area (Å²) >= 11 is 0. The van der Waals surface area contributed by atoms with E-state index in [4.69, 9.17) is 8.94 Å². The maximum atomic E-state index is 5.21. The van der Waals surface area contributed by atoms with Gasteiger partial charge in [-0.05, 0) is 24.3 Å². The lowest BCUT2D eigenvalue weighted by Gasteiger charge is -2.02. The van der Waals surface area contributed by atoms with Crippen LogP contribution in [0.3, 0.4) is 0 Å². The highest BCUT2D eigenvalue weighted by Gasteiger charge is 2.10. The van der Waals surface area contributed by atoms with Crippen LogP contribution in [0.25, 0.3) is 11.6 Å². The average Bonchev–Trinajstić information content (AvgIpc) is 3.10. The third-order valence-electron chi connectivity index (χ3n) is 2.65. The smallest absolute Gasteiger partial charge is 0.238 e. The molecule has 1 N–H and O–H groups in total. The molecule has 1 aromatic carbocycles. The van der Waals surface area contributed by atoms with Crippen LogP contribution in [-0.2, 0) is 6.42 Å². The van der Waals surface area contributed by atoms with E-state index < -0.39 is 0 Å². The van der Waals surface area contributed by atoms with Crippen molar-refractivity contribution >= 4 is 5.69 Å². The zero-order valence-corrected chi connectivity index (χ0v) is 10.2. The lowest BCUT2D eigenvalue weighted by molar-refractivity contribution is 0.380. The Morgan fingerprint density at radius 2 is 1.95 bits per heavy atom. The van der Waals surface area contributed by atoms with Crippen LogP contribution in [-0.4, -0.2) is 16.7 Å². The van der Waals surface area contributed by atoms with Crippen LogP contribution in [0, 0.1) is 0 Å². The Morgan fingerprint density at radius 1 is 1.05 bits per heavy atom. The van der Waals surface area contributed by atoms with Gasteiger partial charge in [-0.1, -0.05) is 23.4 Å². The predicted molar refractivity (Wildman–Crippen MR) is 70.6 cm³/mol. The van der Waals surface area contributed by atoms with Gasteiger partial charge >= 0.3 is 0 Å². The minimum absolute atomic E-state index is 0.486. The zero-order chi connectivity index (χ0) is 12.9. The average molecular weight is 255 g/mol. The van der Waals surface area contributed by atoms with Gasteiger partial charge in [0, 0.05) is 18.7 Å². The first-order chi connectivity index (χ1) is 9.42. The molecule has 0 saturated carbocycles. The van der Waals surface area contributed by atoms with E-state index in [1.54, 1.807) is 18.4 Å². The minimum atomic E-state index is 0.486. The van der Waals surface area contributed by atoms with Crippen molar-refractivity contribution in [3.8, 4) is 11.6 Å². The molecule has 0 fully saturated rings. The first-order valence-electron chi connectivity index (χ1n) is 6.07. The van der Waals surface area contributed by atoms with Crippen LogP contribution in [0.5, 0.6) is 0 Å². The van der Waals surface area contributed by atoms with Crippen LogP contribution in [0.1, 0.15) is 5.89 Å². The van der Waals surface area contributed by atoms with E-state index in [1.165, 1.54) is 0 Å². The Hall–Kier alpha value is -2.56. The van der Waals surface area contributed by atoms with Crippen molar-refractivity contribution < 1.29 is 8.94 Å². The van der Waals surface area contributed by atoms with Crippen LogP contribution in [0.15, 0.2) is 57.7 Å². The number of rotatable bonds is 5. The van der Waals surface area contributed by atoms with Gasteiger partial charge in [-0.15, -0.1) is 0 Å². The van der Waals surface area contributed by atoms with Crippen molar-refractivity contribution in [1.82, 2.24) is 10.1 Å². The molecule has 19 heavy (non-hydrogen) atoms. The zero-order valence-electron chi connectivity index (χ0n) is 10.2. The van der Waals surface area contributed by atoms with Gasteiger partial charge in [0.1, 0.15) is 0 Å². The number of nitrogens with zero attached hydrogens (tertiary/aromatic N) is 2. The number of nitrogens with one attached hydrogen (secondary N) is 1. The van der Waals surface area contributed by atoms with Gasteiger partial charge in [-0.2, -0.15) is 4.98 Å².